The van der Waals surface area contributed by atoms with Crippen LogP contribution in [0.1, 0.15) is 0 Å². The summed E-state index contributed by atoms with van der Waals surface area (Å²) in [5.41, 5.74) is 8.01. The van der Waals surface area contributed by atoms with E-state index >= 15 is 0 Å². The van der Waals surface area contributed by atoms with Gasteiger partial charge in [0, 0.05) is 37.4 Å². The zero-order valence-electron chi connectivity index (χ0n) is 19.7. The topological polar surface area (TPSA) is 38.7 Å². The Labute approximate surface area is 216 Å². The molecule has 0 aliphatic carbocycles. The number of hydrogen-bond acceptors (Lipinski definition) is 4. The van der Waals surface area contributed by atoms with E-state index in [1.807, 2.05) is 18.2 Å². The van der Waals surface area contributed by atoms with Gasteiger partial charge in [0.2, 0.25) is 0 Å². The number of hydrogen-bond donors (Lipinski definition) is 0. The summed E-state index contributed by atoms with van der Waals surface area (Å²) >= 11 is 1.79. The van der Waals surface area contributed by atoms with Gasteiger partial charge in [-0.15, -0.1) is 11.3 Å². The second-order valence-corrected chi connectivity index (χ2v) is 10.3. The number of para-hydroxylation sites is 1. The molecule has 0 atom stereocenters. The van der Waals surface area contributed by atoms with Crippen molar-refractivity contribution in [3.63, 3.8) is 0 Å². The molecule has 0 aliphatic heterocycles. The normalized spacial score (nSPS) is 11.8. The Morgan fingerprint density at radius 3 is 1.89 bits per heavy atom. The Bertz CT molecular complexity index is 2150. The fourth-order valence-corrected chi connectivity index (χ4v) is 6.48. The number of nitrogens with zero attached hydrogens (tertiary/aromatic N) is 3. The molecule has 0 amide bonds. The zero-order chi connectivity index (χ0) is 24.3. The third-order valence-electron chi connectivity index (χ3n) is 7.05. The van der Waals surface area contributed by atoms with Crippen molar-refractivity contribution in [1.29, 1.82) is 0 Å². The summed E-state index contributed by atoms with van der Waals surface area (Å²) in [6.07, 6.45) is 0. The Kier molecular flexibility index (Phi) is 4.39. The summed E-state index contributed by atoms with van der Waals surface area (Å²) in [6.45, 7) is 0. The van der Waals surface area contributed by atoms with E-state index in [1.165, 1.54) is 14.8 Å². The van der Waals surface area contributed by atoms with Crippen LogP contribution in [-0.2, 0) is 0 Å². The monoisotopic (exact) mass is 489 g/mol. The molecule has 37 heavy (non-hydrogen) atoms. The molecule has 0 aliphatic rings. The van der Waals surface area contributed by atoms with E-state index in [9.17, 15) is 0 Å². The van der Waals surface area contributed by atoms with Crippen LogP contribution in [0.5, 0.6) is 0 Å². The predicted molar refractivity (Wildman–Crippen MR) is 156 cm³/mol. The van der Waals surface area contributed by atoms with Crippen LogP contribution >= 0.6 is 11.3 Å². The minimum atomic E-state index is 0.919. The lowest BCUT2D eigenvalue weighted by Crippen LogP contribution is -1.92. The molecule has 4 aromatic heterocycles. The van der Waals surface area contributed by atoms with Crippen molar-refractivity contribution >= 4 is 64.3 Å². The van der Waals surface area contributed by atoms with Crippen molar-refractivity contribution in [2.24, 2.45) is 0 Å². The highest BCUT2D eigenvalue weighted by atomic mass is 32.1. The first-order valence-corrected chi connectivity index (χ1v) is 13.1. The molecule has 0 radical (unpaired) electrons. The van der Waals surface area contributed by atoms with Crippen LogP contribution in [-0.4, -0.2) is 15.0 Å². The lowest BCUT2D eigenvalue weighted by Gasteiger charge is -2.11. The first-order valence-electron chi connectivity index (χ1n) is 12.3. The Hall–Kier alpha value is -4.67. The van der Waals surface area contributed by atoms with Gasteiger partial charge in [0.05, 0.1) is 38.2 Å². The molecule has 0 spiro atoms. The minimum absolute atomic E-state index is 0.919. The molecule has 4 aromatic carbocycles. The standard InChI is InChI=1S/C33H19N3S/c1-2-8-20(9-3-1)25-18-16-21-14-15-22-17-19-27(36-31(22)30(21)34-25)29-23-10-4-6-12-26(23)35-32-24-11-5-7-13-28(24)37-33(29)32/h1-19H. The van der Waals surface area contributed by atoms with Crippen molar-refractivity contribution in [3.05, 3.63) is 115 Å². The summed E-state index contributed by atoms with van der Waals surface area (Å²) in [4.78, 5) is 15.5. The highest BCUT2D eigenvalue weighted by Crippen LogP contribution is 2.42. The molecule has 0 saturated heterocycles. The molecule has 0 unspecified atom stereocenters. The number of benzene rings is 4. The molecule has 3 nitrogen and oxygen atoms in total. The Balaban J connectivity index is 1.46. The molecular weight excluding hydrogens is 470 g/mol. The molecule has 172 valence electrons. The van der Waals surface area contributed by atoms with Crippen molar-refractivity contribution in [2.45, 2.75) is 0 Å². The number of fused-ring (bicyclic) bond motifs is 7. The van der Waals surface area contributed by atoms with E-state index in [-0.39, 0.29) is 0 Å². The van der Waals surface area contributed by atoms with Gasteiger partial charge >= 0.3 is 0 Å². The van der Waals surface area contributed by atoms with Gasteiger partial charge in [0.15, 0.2) is 0 Å². The highest BCUT2D eigenvalue weighted by molar-refractivity contribution is 7.26. The van der Waals surface area contributed by atoms with E-state index in [4.69, 9.17) is 15.0 Å². The molecule has 0 fully saturated rings. The lowest BCUT2D eigenvalue weighted by molar-refractivity contribution is 1.37. The van der Waals surface area contributed by atoms with Crippen molar-refractivity contribution in [1.82, 2.24) is 15.0 Å². The summed E-state index contributed by atoms with van der Waals surface area (Å²) in [7, 11) is 0. The maximum absolute atomic E-state index is 5.30. The summed E-state index contributed by atoms with van der Waals surface area (Å²) in [6, 6.07) is 40.0. The zero-order valence-corrected chi connectivity index (χ0v) is 20.5. The highest BCUT2D eigenvalue weighted by Gasteiger charge is 2.17. The third-order valence-corrected chi connectivity index (χ3v) is 8.22. The first kappa shape index (κ1) is 20.5. The van der Waals surface area contributed by atoms with Gasteiger partial charge in [-0.25, -0.2) is 15.0 Å². The van der Waals surface area contributed by atoms with Crippen LogP contribution < -0.4 is 0 Å². The smallest absolute Gasteiger partial charge is 0.0972 e. The lowest BCUT2D eigenvalue weighted by atomic mass is 10.0. The van der Waals surface area contributed by atoms with Gasteiger partial charge < -0.3 is 0 Å². The number of aromatic nitrogens is 3. The van der Waals surface area contributed by atoms with Crippen LogP contribution in [0.3, 0.4) is 0 Å². The van der Waals surface area contributed by atoms with Crippen LogP contribution in [0.15, 0.2) is 115 Å². The fourth-order valence-electron chi connectivity index (χ4n) is 5.27. The minimum Gasteiger partial charge on any atom is -0.246 e. The van der Waals surface area contributed by atoms with E-state index < -0.39 is 0 Å². The van der Waals surface area contributed by atoms with E-state index in [0.29, 0.717) is 0 Å². The average molecular weight is 490 g/mol. The number of pyridine rings is 3. The molecule has 0 saturated carbocycles. The van der Waals surface area contributed by atoms with E-state index in [2.05, 4.69) is 97.1 Å². The van der Waals surface area contributed by atoms with Gasteiger partial charge in [0.1, 0.15) is 0 Å². The van der Waals surface area contributed by atoms with Gasteiger partial charge in [0.25, 0.3) is 0 Å². The third kappa shape index (κ3) is 3.16. The van der Waals surface area contributed by atoms with Gasteiger partial charge in [-0.3, -0.25) is 0 Å². The summed E-state index contributed by atoms with van der Waals surface area (Å²) in [5.74, 6) is 0. The van der Waals surface area contributed by atoms with Crippen molar-refractivity contribution < 1.29 is 0 Å². The second kappa shape index (κ2) is 7.92. The summed E-state index contributed by atoms with van der Waals surface area (Å²) < 4.78 is 2.41. The van der Waals surface area contributed by atoms with Crippen LogP contribution in [0.4, 0.5) is 0 Å². The quantitative estimate of drug-likeness (QED) is 0.227. The van der Waals surface area contributed by atoms with E-state index in [1.54, 1.807) is 11.3 Å². The van der Waals surface area contributed by atoms with Crippen LogP contribution in [0.25, 0.3) is 75.5 Å². The van der Waals surface area contributed by atoms with Gasteiger partial charge in [-0.1, -0.05) is 91.0 Å². The molecule has 0 bridgehead atoms. The number of rotatable bonds is 2. The molecule has 8 rings (SSSR count). The Morgan fingerprint density at radius 1 is 0.459 bits per heavy atom. The predicted octanol–water partition coefficient (Wildman–Crippen LogP) is 9.03. The average Bonchev–Trinajstić information content (AvgIpc) is 3.34. The van der Waals surface area contributed by atoms with Gasteiger partial charge in [-0.2, -0.15) is 0 Å². The summed E-state index contributed by atoms with van der Waals surface area (Å²) in [5, 5.41) is 4.48. The maximum Gasteiger partial charge on any atom is 0.0972 e. The second-order valence-electron chi connectivity index (χ2n) is 9.25. The molecule has 0 N–H and O–H groups in total. The SMILES string of the molecule is c1ccc(-c2ccc3ccc4ccc(-c5c6ccccc6nc6c5sc5ccccc56)nc4c3n2)cc1. The largest absolute Gasteiger partial charge is 0.246 e. The Morgan fingerprint density at radius 2 is 1.08 bits per heavy atom. The molecule has 4 heteroatoms. The number of thiophene rings is 1. The van der Waals surface area contributed by atoms with Crippen molar-refractivity contribution in [2.75, 3.05) is 0 Å². The van der Waals surface area contributed by atoms with Gasteiger partial charge in [-0.05, 0) is 24.3 Å². The molecular formula is C33H19N3S. The maximum atomic E-state index is 5.30. The first-order chi connectivity index (χ1) is 18.3. The van der Waals surface area contributed by atoms with E-state index in [0.717, 1.165) is 60.7 Å². The molecule has 4 heterocycles. The van der Waals surface area contributed by atoms with Crippen molar-refractivity contribution in [3.8, 4) is 22.5 Å². The molecule has 8 aromatic rings. The van der Waals surface area contributed by atoms with Crippen LogP contribution in [0.2, 0.25) is 0 Å². The fraction of sp³-hybridized carbons (Fsp3) is 0. The van der Waals surface area contributed by atoms with Crippen LogP contribution in [0, 0.1) is 0 Å².